The Hall–Kier alpha value is -0.770. The lowest BCUT2D eigenvalue weighted by atomic mass is 9.83. The van der Waals surface area contributed by atoms with Crippen molar-refractivity contribution in [2.24, 2.45) is 5.73 Å². The summed E-state index contributed by atoms with van der Waals surface area (Å²) < 4.78 is 0. The maximum atomic E-state index is 11.6. The van der Waals surface area contributed by atoms with Crippen LogP contribution in [0.4, 0.5) is 4.79 Å². The monoisotopic (exact) mass is 213 g/mol. The third-order valence-corrected chi connectivity index (χ3v) is 3.10. The molecule has 0 radical (unpaired) electrons. The molecule has 1 aliphatic carbocycles. The van der Waals surface area contributed by atoms with E-state index in [0.717, 1.165) is 12.8 Å². The molecule has 0 aromatic rings. The van der Waals surface area contributed by atoms with E-state index < -0.39 is 0 Å². The molecule has 15 heavy (non-hydrogen) atoms. The Morgan fingerprint density at radius 1 is 1.40 bits per heavy atom. The highest BCUT2D eigenvalue weighted by Crippen LogP contribution is 2.27. The maximum absolute atomic E-state index is 11.6. The zero-order valence-electron chi connectivity index (χ0n) is 9.81. The predicted molar refractivity (Wildman–Crippen MR) is 61.7 cm³/mol. The van der Waals surface area contributed by atoms with Crippen molar-refractivity contribution < 1.29 is 4.79 Å². The number of hydrogen-bond donors (Lipinski definition) is 3. The van der Waals surface area contributed by atoms with Gasteiger partial charge >= 0.3 is 6.03 Å². The van der Waals surface area contributed by atoms with Crippen molar-refractivity contribution in [2.45, 2.75) is 57.5 Å². The first kappa shape index (κ1) is 12.3. The Morgan fingerprint density at radius 3 is 2.53 bits per heavy atom. The first-order chi connectivity index (χ1) is 7.06. The van der Waals surface area contributed by atoms with E-state index in [1.807, 2.05) is 6.92 Å². The van der Waals surface area contributed by atoms with E-state index in [9.17, 15) is 4.79 Å². The van der Waals surface area contributed by atoms with Gasteiger partial charge in [0.15, 0.2) is 0 Å². The molecular formula is C11H23N3O. The van der Waals surface area contributed by atoms with Crippen LogP contribution in [0.1, 0.15) is 46.0 Å². The van der Waals surface area contributed by atoms with Crippen molar-refractivity contribution in [2.75, 3.05) is 6.54 Å². The number of amides is 2. The SMILES string of the molecule is CC(CN)NC(=O)NC1(C)CCCCC1. The number of carbonyl (C=O) groups excluding carboxylic acids is 1. The molecule has 1 saturated carbocycles. The molecular weight excluding hydrogens is 190 g/mol. The van der Waals surface area contributed by atoms with E-state index in [2.05, 4.69) is 17.6 Å². The van der Waals surface area contributed by atoms with E-state index in [4.69, 9.17) is 5.73 Å². The number of hydrogen-bond acceptors (Lipinski definition) is 2. The highest BCUT2D eigenvalue weighted by molar-refractivity contribution is 5.75. The van der Waals surface area contributed by atoms with Crippen LogP contribution in [0.2, 0.25) is 0 Å². The maximum Gasteiger partial charge on any atom is 0.315 e. The molecule has 4 N–H and O–H groups in total. The van der Waals surface area contributed by atoms with Gasteiger partial charge in [0.1, 0.15) is 0 Å². The molecule has 4 nitrogen and oxygen atoms in total. The Bertz CT molecular complexity index is 212. The Balaban J connectivity index is 2.35. The van der Waals surface area contributed by atoms with Crippen molar-refractivity contribution in [3.8, 4) is 0 Å². The summed E-state index contributed by atoms with van der Waals surface area (Å²) in [5.41, 5.74) is 5.43. The van der Waals surface area contributed by atoms with Gasteiger partial charge in [0.25, 0.3) is 0 Å². The van der Waals surface area contributed by atoms with Crippen molar-refractivity contribution in [1.82, 2.24) is 10.6 Å². The summed E-state index contributed by atoms with van der Waals surface area (Å²) in [5, 5.41) is 5.88. The van der Waals surface area contributed by atoms with Gasteiger partial charge in [-0.2, -0.15) is 0 Å². The summed E-state index contributed by atoms with van der Waals surface area (Å²) in [5.74, 6) is 0. The Labute approximate surface area is 92.0 Å². The first-order valence-electron chi connectivity index (χ1n) is 5.84. The van der Waals surface area contributed by atoms with Crippen LogP contribution in [-0.4, -0.2) is 24.2 Å². The Morgan fingerprint density at radius 2 is 2.00 bits per heavy atom. The summed E-state index contributed by atoms with van der Waals surface area (Å²) in [6.45, 7) is 4.51. The third-order valence-electron chi connectivity index (χ3n) is 3.10. The standard InChI is InChI=1S/C11H23N3O/c1-9(8-12)13-10(15)14-11(2)6-4-3-5-7-11/h9H,3-8,12H2,1-2H3,(H2,13,14,15). The molecule has 1 aliphatic rings. The molecule has 1 rings (SSSR count). The average molecular weight is 213 g/mol. The molecule has 0 bridgehead atoms. The van der Waals surface area contributed by atoms with Crippen LogP contribution < -0.4 is 16.4 Å². The van der Waals surface area contributed by atoms with Crippen LogP contribution in [0.3, 0.4) is 0 Å². The lowest BCUT2D eigenvalue weighted by molar-refractivity contribution is 0.208. The van der Waals surface area contributed by atoms with Gasteiger partial charge in [-0.05, 0) is 26.7 Å². The van der Waals surface area contributed by atoms with Gasteiger partial charge in [-0.3, -0.25) is 0 Å². The number of rotatable bonds is 3. The minimum absolute atomic E-state index is 0.0172. The average Bonchev–Trinajstić information content (AvgIpc) is 2.17. The first-order valence-corrected chi connectivity index (χ1v) is 5.84. The molecule has 0 aliphatic heterocycles. The fraction of sp³-hybridized carbons (Fsp3) is 0.909. The highest BCUT2D eigenvalue weighted by Gasteiger charge is 2.28. The van der Waals surface area contributed by atoms with E-state index in [1.54, 1.807) is 0 Å². The van der Waals surface area contributed by atoms with Crippen LogP contribution >= 0.6 is 0 Å². The molecule has 0 spiro atoms. The zero-order chi connectivity index (χ0) is 11.3. The molecule has 4 heteroatoms. The molecule has 0 aromatic heterocycles. The van der Waals surface area contributed by atoms with Gasteiger partial charge in [-0.1, -0.05) is 19.3 Å². The summed E-state index contributed by atoms with van der Waals surface area (Å²) >= 11 is 0. The normalized spacial score (nSPS) is 21.8. The molecule has 0 aromatic carbocycles. The molecule has 1 atom stereocenters. The second-order valence-electron chi connectivity index (χ2n) is 4.86. The topological polar surface area (TPSA) is 67.1 Å². The second kappa shape index (κ2) is 5.35. The zero-order valence-corrected chi connectivity index (χ0v) is 9.81. The van der Waals surface area contributed by atoms with Gasteiger partial charge in [0.05, 0.1) is 0 Å². The fourth-order valence-electron chi connectivity index (χ4n) is 2.05. The summed E-state index contributed by atoms with van der Waals surface area (Å²) in [4.78, 5) is 11.6. The van der Waals surface area contributed by atoms with Crippen molar-refractivity contribution in [3.63, 3.8) is 0 Å². The van der Waals surface area contributed by atoms with Crippen LogP contribution in [0.15, 0.2) is 0 Å². The molecule has 0 saturated heterocycles. The number of carbonyl (C=O) groups is 1. The smallest absolute Gasteiger partial charge is 0.315 e. The molecule has 2 amide bonds. The minimum atomic E-state index is -0.0858. The lowest BCUT2D eigenvalue weighted by Crippen LogP contribution is -2.53. The quantitative estimate of drug-likeness (QED) is 0.662. The van der Waals surface area contributed by atoms with Crippen molar-refractivity contribution >= 4 is 6.03 Å². The van der Waals surface area contributed by atoms with Crippen LogP contribution in [0.25, 0.3) is 0 Å². The van der Waals surface area contributed by atoms with E-state index in [-0.39, 0.29) is 17.6 Å². The summed E-state index contributed by atoms with van der Waals surface area (Å²) in [6.07, 6.45) is 5.87. The van der Waals surface area contributed by atoms with Gasteiger partial charge in [0, 0.05) is 18.1 Å². The third kappa shape index (κ3) is 4.08. The number of nitrogens with two attached hydrogens (primary N) is 1. The van der Waals surface area contributed by atoms with E-state index >= 15 is 0 Å². The highest BCUT2D eigenvalue weighted by atomic mass is 16.2. The molecule has 1 fully saturated rings. The van der Waals surface area contributed by atoms with Gasteiger partial charge in [-0.25, -0.2) is 4.79 Å². The fourth-order valence-corrected chi connectivity index (χ4v) is 2.05. The van der Waals surface area contributed by atoms with Crippen LogP contribution in [0.5, 0.6) is 0 Å². The van der Waals surface area contributed by atoms with E-state index in [1.165, 1.54) is 19.3 Å². The van der Waals surface area contributed by atoms with Gasteiger partial charge < -0.3 is 16.4 Å². The van der Waals surface area contributed by atoms with Crippen LogP contribution in [0, 0.1) is 0 Å². The molecule has 88 valence electrons. The van der Waals surface area contributed by atoms with E-state index in [0.29, 0.717) is 6.54 Å². The van der Waals surface area contributed by atoms with Crippen molar-refractivity contribution in [1.29, 1.82) is 0 Å². The summed E-state index contributed by atoms with van der Waals surface area (Å²) in [6, 6.07) is -0.0467. The van der Waals surface area contributed by atoms with Crippen LogP contribution in [-0.2, 0) is 0 Å². The van der Waals surface area contributed by atoms with Crippen molar-refractivity contribution in [3.05, 3.63) is 0 Å². The number of nitrogens with one attached hydrogen (secondary N) is 2. The second-order valence-corrected chi connectivity index (χ2v) is 4.86. The number of urea groups is 1. The molecule has 0 heterocycles. The minimum Gasteiger partial charge on any atom is -0.334 e. The van der Waals surface area contributed by atoms with Gasteiger partial charge in [-0.15, -0.1) is 0 Å². The summed E-state index contributed by atoms with van der Waals surface area (Å²) in [7, 11) is 0. The predicted octanol–water partition coefficient (Wildman–Crippen LogP) is 1.36. The Kier molecular flexibility index (Phi) is 4.39. The lowest BCUT2D eigenvalue weighted by Gasteiger charge is -2.34. The van der Waals surface area contributed by atoms with Gasteiger partial charge in [0.2, 0.25) is 0 Å². The largest absolute Gasteiger partial charge is 0.334 e. The molecule has 1 unspecified atom stereocenters.